The summed E-state index contributed by atoms with van der Waals surface area (Å²) in [6, 6.07) is 9.29. The molecule has 0 atom stereocenters. The lowest BCUT2D eigenvalue weighted by atomic mass is 10.2. The molecule has 24 heavy (non-hydrogen) atoms. The number of anilines is 2. The Bertz CT molecular complexity index is 958. The average molecular weight is 380 g/mol. The van der Waals surface area contributed by atoms with Crippen LogP contribution in [-0.4, -0.2) is 17.5 Å². The largest absolute Gasteiger partial charge is 0.482 e. The standard InChI is InChI=1S/C16H11Cl2N3O2S/c17-9-2-4-12(16-15(9)10(18)6-19-16)21-24-8-1-3-11-13(5-8)23-7-14(22)20-11/h1-6,19,21H,7H2,(H,20,22). The first-order chi connectivity index (χ1) is 11.6. The van der Waals surface area contributed by atoms with Crippen LogP contribution < -0.4 is 14.8 Å². The van der Waals surface area contributed by atoms with E-state index in [2.05, 4.69) is 15.0 Å². The van der Waals surface area contributed by atoms with Gasteiger partial charge in [-0.3, -0.25) is 4.79 Å². The SMILES string of the molecule is O=C1COc2cc(SNc3ccc(Cl)c4c(Cl)c[nH]c34)ccc2N1. The molecule has 4 rings (SSSR count). The van der Waals surface area contributed by atoms with E-state index in [-0.39, 0.29) is 12.5 Å². The lowest BCUT2D eigenvalue weighted by Gasteiger charge is -2.18. The number of carbonyl (C=O) groups excluding carboxylic acids is 1. The minimum atomic E-state index is -0.145. The van der Waals surface area contributed by atoms with Crippen LogP contribution in [0, 0.1) is 0 Å². The van der Waals surface area contributed by atoms with E-state index < -0.39 is 0 Å². The lowest BCUT2D eigenvalue weighted by Crippen LogP contribution is -2.25. The second kappa shape index (κ2) is 6.12. The molecule has 0 aliphatic carbocycles. The molecule has 1 amide bonds. The lowest BCUT2D eigenvalue weighted by molar-refractivity contribution is -0.118. The fourth-order valence-corrected chi connectivity index (χ4v) is 3.74. The van der Waals surface area contributed by atoms with Crippen LogP contribution in [0.3, 0.4) is 0 Å². The van der Waals surface area contributed by atoms with Gasteiger partial charge in [-0.15, -0.1) is 0 Å². The zero-order chi connectivity index (χ0) is 16.7. The molecular formula is C16H11Cl2N3O2S. The fourth-order valence-electron chi connectivity index (χ4n) is 2.49. The Morgan fingerprint density at radius 1 is 1.17 bits per heavy atom. The summed E-state index contributed by atoms with van der Waals surface area (Å²) in [6.07, 6.45) is 1.71. The third-order valence-electron chi connectivity index (χ3n) is 3.60. The first kappa shape index (κ1) is 15.5. The van der Waals surface area contributed by atoms with Crippen molar-refractivity contribution in [3.8, 4) is 5.75 Å². The van der Waals surface area contributed by atoms with Crippen molar-refractivity contribution in [3.63, 3.8) is 0 Å². The van der Waals surface area contributed by atoms with Crippen LogP contribution >= 0.6 is 35.1 Å². The van der Waals surface area contributed by atoms with Crippen molar-refractivity contribution in [1.29, 1.82) is 0 Å². The monoisotopic (exact) mass is 379 g/mol. The highest BCUT2D eigenvalue weighted by molar-refractivity contribution is 8.00. The van der Waals surface area contributed by atoms with Gasteiger partial charge in [0.05, 0.1) is 26.9 Å². The quantitative estimate of drug-likeness (QED) is 0.564. The van der Waals surface area contributed by atoms with Crippen molar-refractivity contribution < 1.29 is 9.53 Å². The van der Waals surface area contributed by atoms with Crippen LogP contribution in [-0.2, 0) is 4.79 Å². The molecule has 5 nitrogen and oxygen atoms in total. The van der Waals surface area contributed by atoms with Gasteiger partial charge in [-0.25, -0.2) is 0 Å². The van der Waals surface area contributed by atoms with E-state index >= 15 is 0 Å². The van der Waals surface area contributed by atoms with E-state index in [0.29, 0.717) is 21.5 Å². The van der Waals surface area contributed by atoms with Gasteiger partial charge in [-0.1, -0.05) is 23.2 Å². The molecule has 2 aromatic carbocycles. The second-order valence-electron chi connectivity index (χ2n) is 5.18. The zero-order valence-corrected chi connectivity index (χ0v) is 14.5. The number of ether oxygens (including phenoxy) is 1. The summed E-state index contributed by atoms with van der Waals surface area (Å²) in [5, 5.41) is 4.74. The number of amides is 1. The third-order valence-corrected chi connectivity index (χ3v) is 5.03. The number of halogens is 2. The van der Waals surface area contributed by atoms with Crippen molar-refractivity contribution in [1.82, 2.24) is 4.98 Å². The number of benzene rings is 2. The third kappa shape index (κ3) is 2.77. The normalized spacial score (nSPS) is 13.3. The molecule has 2 heterocycles. The Hall–Kier alpha value is -2.02. The maximum absolute atomic E-state index is 11.3. The summed E-state index contributed by atoms with van der Waals surface area (Å²) in [6.45, 7) is 0.0350. The van der Waals surface area contributed by atoms with Crippen LogP contribution in [0.15, 0.2) is 41.4 Å². The highest BCUT2D eigenvalue weighted by Crippen LogP contribution is 2.37. The number of nitrogens with one attached hydrogen (secondary N) is 3. The molecule has 122 valence electrons. The number of hydrogen-bond donors (Lipinski definition) is 3. The summed E-state index contributed by atoms with van der Waals surface area (Å²) in [5.74, 6) is 0.513. The minimum Gasteiger partial charge on any atom is -0.482 e. The van der Waals surface area contributed by atoms with E-state index in [1.807, 2.05) is 24.3 Å². The summed E-state index contributed by atoms with van der Waals surface area (Å²) in [4.78, 5) is 15.4. The van der Waals surface area contributed by atoms with Crippen molar-refractivity contribution in [3.05, 3.63) is 46.6 Å². The molecule has 1 aromatic heterocycles. The molecule has 0 saturated carbocycles. The maximum Gasteiger partial charge on any atom is 0.262 e. The number of hydrogen-bond acceptors (Lipinski definition) is 4. The summed E-state index contributed by atoms with van der Waals surface area (Å²) in [5.41, 5.74) is 2.40. The number of carbonyl (C=O) groups is 1. The molecule has 8 heteroatoms. The molecule has 3 N–H and O–H groups in total. The van der Waals surface area contributed by atoms with Gasteiger partial charge in [0.2, 0.25) is 0 Å². The number of rotatable bonds is 3. The predicted octanol–water partition coefficient (Wildman–Crippen LogP) is 4.92. The minimum absolute atomic E-state index is 0.0350. The molecule has 1 aliphatic heterocycles. The van der Waals surface area contributed by atoms with E-state index in [4.69, 9.17) is 27.9 Å². The van der Waals surface area contributed by atoms with E-state index in [1.165, 1.54) is 11.9 Å². The Morgan fingerprint density at radius 2 is 2.04 bits per heavy atom. The molecule has 1 aliphatic rings. The van der Waals surface area contributed by atoms with Crippen molar-refractivity contribution in [2.45, 2.75) is 4.90 Å². The van der Waals surface area contributed by atoms with E-state index in [9.17, 15) is 4.79 Å². The summed E-state index contributed by atoms with van der Waals surface area (Å²) >= 11 is 13.8. The molecule has 0 unspecified atom stereocenters. The predicted molar refractivity (Wildman–Crippen MR) is 98.4 cm³/mol. The molecule has 0 bridgehead atoms. The highest BCUT2D eigenvalue weighted by atomic mass is 35.5. The van der Waals surface area contributed by atoms with Crippen LogP contribution in [0.5, 0.6) is 5.75 Å². The number of fused-ring (bicyclic) bond motifs is 2. The van der Waals surface area contributed by atoms with Gasteiger partial charge < -0.3 is 19.8 Å². The molecular weight excluding hydrogens is 369 g/mol. The fraction of sp³-hybridized carbons (Fsp3) is 0.0625. The number of H-pyrrole nitrogens is 1. The van der Waals surface area contributed by atoms with Gasteiger partial charge in [0.1, 0.15) is 5.75 Å². The Morgan fingerprint density at radius 3 is 2.92 bits per heavy atom. The van der Waals surface area contributed by atoms with Crippen molar-refractivity contribution in [2.24, 2.45) is 0 Å². The van der Waals surface area contributed by atoms with Crippen molar-refractivity contribution >= 4 is 63.3 Å². The van der Waals surface area contributed by atoms with E-state index in [1.54, 1.807) is 12.3 Å². The van der Waals surface area contributed by atoms with Gasteiger partial charge in [-0.05, 0) is 42.3 Å². The van der Waals surface area contributed by atoms with Crippen LogP contribution in [0.4, 0.5) is 11.4 Å². The summed E-state index contributed by atoms with van der Waals surface area (Å²) < 4.78 is 8.71. The molecule has 0 radical (unpaired) electrons. The first-order valence-corrected chi connectivity index (χ1v) is 8.64. The van der Waals surface area contributed by atoms with Gasteiger partial charge in [0.25, 0.3) is 5.91 Å². The molecule has 0 saturated heterocycles. The molecule has 0 spiro atoms. The summed E-state index contributed by atoms with van der Waals surface area (Å²) in [7, 11) is 0. The number of aromatic amines is 1. The van der Waals surface area contributed by atoms with Gasteiger partial charge in [0.15, 0.2) is 6.61 Å². The average Bonchev–Trinajstić information content (AvgIpc) is 2.97. The number of aromatic nitrogens is 1. The second-order valence-corrected chi connectivity index (χ2v) is 6.87. The smallest absolute Gasteiger partial charge is 0.262 e. The zero-order valence-electron chi connectivity index (χ0n) is 12.2. The highest BCUT2D eigenvalue weighted by Gasteiger charge is 2.16. The van der Waals surface area contributed by atoms with E-state index in [0.717, 1.165) is 21.5 Å². The maximum atomic E-state index is 11.3. The van der Waals surface area contributed by atoms with Crippen LogP contribution in [0.1, 0.15) is 0 Å². The van der Waals surface area contributed by atoms with Crippen LogP contribution in [0.2, 0.25) is 10.0 Å². The Labute approximate surface area is 151 Å². The topological polar surface area (TPSA) is 66.1 Å². The first-order valence-electron chi connectivity index (χ1n) is 7.06. The van der Waals surface area contributed by atoms with Gasteiger partial charge >= 0.3 is 0 Å². The molecule has 3 aromatic rings. The van der Waals surface area contributed by atoms with Gasteiger partial charge in [0, 0.05) is 16.5 Å². The molecule has 0 fully saturated rings. The van der Waals surface area contributed by atoms with Crippen molar-refractivity contribution in [2.75, 3.05) is 16.6 Å². The Balaban J connectivity index is 1.58. The van der Waals surface area contributed by atoms with Gasteiger partial charge in [-0.2, -0.15) is 0 Å². The van der Waals surface area contributed by atoms with Crippen LogP contribution in [0.25, 0.3) is 10.9 Å². The Kier molecular flexibility index (Phi) is 3.96.